The number of H-pyrrole nitrogens is 1. The van der Waals surface area contributed by atoms with E-state index in [1.54, 1.807) is 47.4 Å². The first-order chi connectivity index (χ1) is 35.3. The number of carbonyl (C=O) groups excluding carboxylic acids is 7. The highest BCUT2D eigenvalue weighted by atomic mass is 35.5. The molecule has 0 bridgehead atoms. The quantitative estimate of drug-likeness (QED) is 0.0179. The third-order valence-electron chi connectivity index (χ3n) is 12.5. The number of hydrogen-bond acceptors (Lipinski definition) is 12. The van der Waals surface area contributed by atoms with E-state index >= 15 is 0 Å². The van der Waals surface area contributed by atoms with Gasteiger partial charge in [0.2, 0.25) is 17.7 Å². The van der Waals surface area contributed by atoms with Gasteiger partial charge in [0, 0.05) is 108 Å². The third-order valence-corrected chi connectivity index (χ3v) is 13.3. The molecule has 0 radical (unpaired) electrons. The van der Waals surface area contributed by atoms with Crippen LogP contribution in [0.2, 0.25) is 0 Å². The van der Waals surface area contributed by atoms with E-state index in [1.165, 1.54) is 42.5 Å². The normalized spacial score (nSPS) is 15.5. The fourth-order valence-corrected chi connectivity index (χ4v) is 9.59. The van der Waals surface area contributed by atoms with Crippen molar-refractivity contribution in [3.05, 3.63) is 108 Å². The average molecular weight is 1060 g/mol. The first-order valence-electron chi connectivity index (χ1n) is 23.8. The van der Waals surface area contributed by atoms with Gasteiger partial charge in [0.25, 0.3) is 17.7 Å². The number of nitrogens with one attached hydrogen (secondary N) is 7. The Labute approximate surface area is 430 Å². The van der Waals surface area contributed by atoms with Gasteiger partial charge >= 0.3 is 13.9 Å². The smallest absolute Gasteiger partial charge is 0.404 e. The van der Waals surface area contributed by atoms with Crippen molar-refractivity contribution in [1.29, 1.82) is 0 Å². The number of aliphatic hydroxyl groups is 1. The molecule has 2 aliphatic heterocycles. The average Bonchev–Trinajstić information content (AvgIpc) is 4.05. The number of nitrogens with zero attached hydrogens (tertiary/aromatic N) is 2. The Kier molecular flexibility index (Phi) is 17.8. The molecule has 2 aliphatic rings. The lowest BCUT2D eigenvalue weighted by molar-refractivity contribution is -0.137. The van der Waals surface area contributed by atoms with E-state index < -0.39 is 61.7 Å². The number of anilines is 3. The molecule has 24 heteroatoms. The maximum absolute atomic E-state index is 13.7. The van der Waals surface area contributed by atoms with Crippen LogP contribution in [-0.2, 0) is 28.5 Å². The van der Waals surface area contributed by atoms with E-state index in [4.69, 9.17) is 21.9 Å². The van der Waals surface area contributed by atoms with Crippen LogP contribution in [0.1, 0.15) is 73.3 Å². The number of carbonyl (C=O) groups is 7. The molecule has 0 spiro atoms. The summed E-state index contributed by atoms with van der Waals surface area (Å²) in [5, 5.41) is 30.4. The number of nitrogens with two attached hydrogens (primary N) is 1. The van der Waals surface area contributed by atoms with Crippen LogP contribution in [0.5, 0.6) is 5.75 Å². The number of amides is 8. The lowest BCUT2D eigenvalue weighted by atomic mass is 9.95. The van der Waals surface area contributed by atoms with Crippen molar-refractivity contribution >= 4 is 99.6 Å². The summed E-state index contributed by atoms with van der Waals surface area (Å²) in [6.07, 6.45) is 1.93. The van der Waals surface area contributed by atoms with Crippen LogP contribution in [0, 0.1) is 5.92 Å². The highest BCUT2D eigenvalue weighted by Crippen LogP contribution is 2.50. The Morgan fingerprint density at radius 1 is 0.865 bits per heavy atom. The Morgan fingerprint density at radius 3 is 2.24 bits per heavy atom. The van der Waals surface area contributed by atoms with Crippen LogP contribution in [0.4, 0.5) is 21.9 Å². The third kappa shape index (κ3) is 13.6. The SMILES string of the molecule is CC(C)[C@H](NCCNC(=O)CCCN1C(=O)C=CC1=O)C(=O)N[C@@H](CCCNC(N)=O)C(=O)Nc1ccc(C(=O)Nc2ccc3[nH]c(C(O)N4C[C@@H](CCl)c5c4cc(OP(=O)(O)O)c4ccccc54)cc3c2)cc1. The first kappa shape index (κ1) is 54.4. The van der Waals surface area contributed by atoms with Crippen molar-refractivity contribution in [2.45, 2.75) is 63.8 Å². The molecule has 8 amide bonds. The number of aromatic amines is 1. The number of fused-ring (bicyclic) bond motifs is 4. The van der Waals surface area contributed by atoms with Gasteiger partial charge in [-0.2, -0.15) is 0 Å². The van der Waals surface area contributed by atoms with Gasteiger partial charge in [-0.1, -0.05) is 38.1 Å². The lowest BCUT2D eigenvalue weighted by Crippen LogP contribution is -2.54. The highest BCUT2D eigenvalue weighted by Gasteiger charge is 2.36. The van der Waals surface area contributed by atoms with Crippen LogP contribution >= 0.6 is 19.4 Å². The Balaban J connectivity index is 0.948. The Bertz CT molecular complexity index is 3000. The number of benzene rings is 4. The number of aliphatic hydroxyl groups excluding tert-OH is 1. The second kappa shape index (κ2) is 24.1. The maximum Gasteiger partial charge on any atom is 0.524 e. The van der Waals surface area contributed by atoms with E-state index in [9.17, 15) is 53.0 Å². The van der Waals surface area contributed by atoms with Crippen LogP contribution < -0.4 is 47.1 Å². The second-order valence-corrected chi connectivity index (χ2v) is 19.6. The summed E-state index contributed by atoms with van der Waals surface area (Å²) in [4.78, 5) is 113. The minimum atomic E-state index is -4.93. The summed E-state index contributed by atoms with van der Waals surface area (Å²) in [6, 6.07) is 19.0. The fourth-order valence-electron chi connectivity index (χ4n) is 8.93. The van der Waals surface area contributed by atoms with Gasteiger partial charge in [0.15, 0.2) is 6.23 Å². The molecule has 0 fully saturated rings. The van der Waals surface area contributed by atoms with Crippen LogP contribution in [-0.4, -0.2) is 117 Å². The van der Waals surface area contributed by atoms with Gasteiger partial charge in [0.1, 0.15) is 11.8 Å². The predicted molar refractivity (Wildman–Crippen MR) is 277 cm³/mol. The second-order valence-electron chi connectivity index (χ2n) is 18.1. The molecule has 1 aromatic heterocycles. The molecule has 392 valence electrons. The number of hydrogen-bond donors (Lipinski definition) is 11. The molecular formula is C50H58ClN10O12P. The molecule has 1 unspecified atom stereocenters. The molecular weight excluding hydrogens is 999 g/mol. The largest absolute Gasteiger partial charge is 0.524 e. The number of alkyl halides is 1. The summed E-state index contributed by atoms with van der Waals surface area (Å²) in [6.45, 7) is 4.61. The van der Waals surface area contributed by atoms with Crippen molar-refractivity contribution in [3.8, 4) is 5.75 Å². The lowest BCUT2D eigenvalue weighted by Gasteiger charge is -2.26. The zero-order valence-electron chi connectivity index (χ0n) is 40.4. The van der Waals surface area contributed by atoms with Crippen molar-refractivity contribution in [1.82, 2.24) is 31.2 Å². The molecule has 12 N–H and O–H groups in total. The van der Waals surface area contributed by atoms with E-state index in [-0.39, 0.29) is 74.0 Å². The van der Waals surface area contributed by atoms with Gasteiger partial charge in [0.05, 0.1) is 11.7 Å². The van der Waals surface area contributed by atoms with Crippen molar-refractivity contribution in [2.24, 2.45) is 11.7 Å². The van der Waals surface area contributed by atoms with Gasteiger partial charge in [-0.3, -0.25) is 43.5 Å². The molecule has 22 nitrogen and oxygen atoms in total. The number of urea groups is 1. The minimum absolute atomic E-state index is 0.0413. The number of aromatic nitrogens is 1. The van der Waals surface area contributed by atoms with E-state index in [2.05, 4.69) is 36.9 Å². The van der Waals surface area contributed by atoms with E-state index in [1.807, 2.05) is 19.9 Å². The van der Waals surface area contributed by atoms with Crippen molar-refractivity contribution < 1.29 is 57.5 Å². The summed E-state index contributed by atoms with van der Waals surface area (Å²) in [5.74, 6) is -2.88. The molecule has 4 aromatic carbocycles. The van der Waals surface area contributed by atoms with Gasteiger partial charge in [-0.05, 0) is 84.7 Å². The zero-order chi connectivity index (χ0) is 53.3. The van der Waals surface area contributed by atoms with Crippen LogP contribution in [0.15, 0.2) is 91.0 Å². The van der Waals surface area contributed by atoms with Gasteiger partial charge in [-0.25, -0.2) is 9.36 Å². The predicted octanol–water partition coefficient (Wildman–Crippen LogP) is 4.19. The number of halogens is 1. The molecule has 3 heterocycles. The number of phosphoric ester groups is 1. The van der Waals surface area contributed by atoms with Gasteiger partial charge in [-0.15, -0.1) is 11.6 Å². The van der Waals surface area contributed by atoms with Crippen LogP contribution in [0.25, 0.3) is 21.7 Å². The summed E-state index contributed by atoms with van der Waals surface area (Å²) in [5.41, 5.74) is 8.65. The molecule has 0 saturated heterocycles. The number of imide groups is 1. The maximum atomic E-state index is 13.7. The Morgan fingerprint density at radius 2 is 1.57 bits per heavy atom. The molecule has 7 rings (SSSR count). The number of phosphoric acid groups is 1. The monoisotopic (exact) mass is 1060 g/mol. The standard InChI is InChI=1S/C50H58ClN10O12P/c1-28(2)45(54-21-20-53-41(62)10-6-22-60-42(63)17-18-43(60)64)48(67)59-37(9-5-19-55-50(52)69)47(66)56-32-13-11-29(12-14-32)46(65)57-33-15-16-36-30(23-33)24-38(58-36)49(68)61-27-31(26-51)44-35-8-4-3-7-34(35)40(25-39(44)61)73-74(70,71)72/h3-4,7-8,11-18,23-25,28,31,37,45,49,54,58,68H,5-6,9-10,19-22,26-27H2,1-2H3,(H,53,62)(H,56,66)(H,57,65)(H,59,67)(H3,52,55,69)(H2,70,71,72)/t31-,37+,45+,49?/m1/s1. The summed E-state index contributed by atoms with van der Waals surface area (Å²) in [7, 11) is -4.93. The number of rotatable bonds is 24. The van der Waals surface area contributed by atoms with E-state index in [0.717, 1.165) is 10.5 Å². The van der Waals surface area contributed by atoms with Crippen LogP contribution in [0.3, 0.4) is 0 Å². The zero-order valence-corrected chi connectivity index (χ0v) is 42.1. The molecule has 0 aliphatic carbocycles. The fraction of sp³-hybridized carbons (Fsp3) is 0.340. The van der Waals surface area contributed by atoms with Crippen molar-refractivity contribution in [2.75, 3.05) is 54.1 Å². The van der Waals surface area contributed by atoms with Crippen molar-refractivity contribution in [3.63, 3.8) is 0 Å². The highest BCUT2D eigenvalue weighted by molar-refractivity contribution is 7.46. The Hall–Kier alpha value is -7.33. The molecule has 5 aromatic rings. The summed E-state index contributed by atoms with van der Waals surface area (Å²) >= 11 is 6.44. The topological polar surface area (TPSA) is 327 Å². The number of primary amides is 1. The summed E-state index contributed by atoms with van der Waals surface area (Å²) < 4.78 is 17.0. The van der Waals surface area contributed by atoms with E-state index in [0.29, 0.717) is 63.8 Å². The minimum Gasteiger partial charge on any atom is -0.404 e. The molecule has 74 heavy (non-hydrogen) atoms. The van der Waals surface area contributed by atoms with Gasteiger partial charge < -0.3 is 57.1 Å². The molecule has 0 saturated carbocycles. The first-order valence-corrected chi connectivity index (χ1v) is 25.9. The molecule has 4 atom stereocenters.